The van der Waals surface area contributed by atoms with Gasteiger partial charge in [0.05, 0.1) is 0 Å². The number of aryl methyl sites for hydroxylation is 1. The van der Waals surface area contributed by atoms with Crippen LogP contribution in [0.3, 0.4) is 0 Å². The summed E-state index contributed by atoms with van der Waals surface area (Å²) < 4.78 is 1.25. The van der Waals surface area contributed by atoms with Gasteiger partial charge in [0.25, 0.3) is 0 Å². The standard InChI is InChI=1S/C16H17N5O3/c22-13-4-1-11(2-5-13)7-8-17-14(23)6-3-12-9-20-21-15(12)18-10-19-16(21)24/h1-2,4-5,9-10,20,22H,3,6-8H2,(H,17,23). The zero-order valence-electron chi connectivity index (χ0n) is 12.9. The molecule has 0 fully saturated rings. The normalized spacial score (nSPS) is 10.8. The Balaban J connectivity index is 1.49. The summed E-state index contributed by atoms with van der Waals surface area (Å²) in [6.07, 6.45) is 4.36. The number of phenolic OH excluding ortho intramolecular Hbond substituents is 1. The second-order valence-electron chi connectivity index (χ2n) is 5.38. The molecule has 24 heavy (non-hydrogen) atoms. The molecule has 124 valence electrons. The fraction of sp³-hybridized carbons (Fsp3) is 0.250. The predicted molar refractivity (Wildman–Crippen MR) is 86.7 cm³/mol. The number of phenols is 1. The molecule has 3 aromatic rings. The average Bonchev–Trinajstić information content (AvgIpc) is 2.99. The van der Waals surface area contributed by atoms with Crippen LogP contribution in [0.25, 0.3) is 5.65 Å². The van der Waals surface area contributed by atoms with Crippen molar-refractivity contribution in [1.29, 1.82) is 0 Å². The van der Waals surface area contributed by atoms with Crippen molar-refractivity contribution in [2.75, 3.05) is 6.54 Å². The van der Waals surface area contributed by atoms with Crippen molar-refractivity contribution in [2.45, 2.75) is 19.3 Å². The molecular formula is C16H17N5O3. The summed E-state index contributed by atoms with van der Waals surface area (Å²) in [7, 11) is 0. The molecule has 2 heterocycles. The van der Waals surface area contributed by atoms with Crippen LogP contribution in [-0.4, -0.2) is 37.1 Å². The number of aromatic nitrogens is 4. The molecule has 8 heteroatoms. The molecule has 0 unspecified atom stereocenters. The fourth-order valence-corrected chi connectivity index (χ4v) is 2.42. The Morgan fingerprint density at radius 2 is 2.00 bits per heavy atom. The van der Waals surface area contributed by atoms with Gasteiger partial charge in [0, 0.05) is 24.7 Å². The van der Waals surface area contributed by atoms with E-state index >= 15 is 0 Å². The quantitative estimate of drug-likeness (QED) is 0.607. The Labute approximate surface area is 137 Å². The van der Waals surface area contributed by atoms with E-state index in [4.69, 9.17) is 0 Å². The van der Waals surface area contributed by atoms with E-state index in [1.54, 1.807) is 18.3 Å². The molecule has 1 amide bonds. The molecule has 0 spiro atoms. The van der Waals surface area contributed by atoms with E-state index in [9.17, 15) is 14.7 Å². The van der Waals surface area contributed by atoms with Gasteiger partial charge in [-0.15, -0.1) is 0 Å². The van der Waals surface area contributed by atoms with E-state index in [2.05, 4.69) is 20.4 Å². The van der Waals surface area contributed by atoms with Gasteiger partial charge in [-0.05, 0) is 30.5 Å². The molecule has 0 saturated carbocycles. The third kappa shape index (κ3) is 3.60. The number of hydrogen-bond donors (Lipinski definition) is 3. The van der Waals surface area contributed by atoms with Gasteiger partial charge >= 0.3 is 5.69 Å². The van der Waals surface area contributed by atoms with Crippen molar-refractivity contribution in [3.63, 3.8) is 0 Å². The number of H-pyrrole nitrogens is 1. The fourth-order valence-electron chi connectivity index (χ4n) is 2.42. The van der Waals surface area contributed by atoms with Crippen LogP contribution < -0.4 is 11.0 Å². The van der Waals surface area contributed by atoms with Crippen LogP contribution in [0.5, 0.6) is 5.75 Å². The maximum Gasteiger partial charge on any atom is 0.369 e. The van der Waals surface area contributed by atoms with Gasteiger partial charge in [-0.3, -0.25) is 9.89 Å². The van der Waals surface area contributed by atoms with Crippen LogP contribution in [0.2, 0.25) is 0 Å². The van der Waals surface area contributed by atoms with Crippen molar-refractivity contribution in [2.24, 2.45) is 0 Å². The number of carbonyl (C=O) groups is 1. The molecule has 0 radical (unpaired) electrons. The smallest absolute Gasteiger partial charge is 0.369 e. The van der Waals surface area contributed by atoms with Crippen LogP contribution in [0.4, 0.5) is 0 Å². The Morgan fingerprint density at radius 1 is 1.21 bits per heavy atom. The van der Waals surface area contributed by atoms with Crippen molar-refractivity contribution in [3.05, 3.63) is 58.4 Å². The first-order chi connectivity index (χ1) is 11.6. The molecular weight excluding hydrogens is 310 g/mol. The molecule has 0 bridgehead atoms. The van der Waals surface area contributed by atoms with E-state index < -0.39 is 5.69 Å². The van der Waals surface area contributed by atoms with E-state index in [0.717, 1.165) is 11.1 Å². The first-order valence-electron chi connectivity index (χ1n) is 7.58. The van der Waals surface area contributed by atoms with Gasteiger partial charge in [-0.1, -0.05) is 12.1 Å². The number of benzene rings is 1. The summed E-state index contributed by atoms with van der Waals surface area (Å²) in [5, 5.41) is 14.9. The highest BCUT2D eigenvalue weighted by atomic mass is 16.3. The number of nitrogens with one attached hydrogen (secondary N) is 2. The molecule has 1 aromatic carbocycles. The molecule has 3 N–H and O–H groups in total. The minimum atomic E-state index is -0.426. The van der Waals surface area contributed by atoms with Crippen molar-refractivity contribution >= 4 is 11.6 Å². The number of rotatable bonds is 6. The number of amides is 1. The third-order valence-electron chi connectivity index (χ3n) is 3.70. The van der Waals surface area contributed by atoms with Gasteiger partial charge < -0.3 is 10.4 Å². The van der Waals surface area contributed by atoms with Crippen molar-refractivity contribution < 1.29 is 9.90 Å². The second kappa shape index (κ2) is 6.95. The van der Waals surface area contributed by atoms with Crippen LogP contribution in [0, 0.1) is 0 Å². The highest BCUT2D eigenvalue weighted by Crippen LogP contribution is 2.10. The monoisotopic (exact) mass is 327 g/mol. The Morgan fingerprint density at radius 3 is 2.79 bits per heavy atom. The summed E-state index contributed by atoms with van der Waals surface area (Å²) >= 11 is 0. The van der Waals surface area contributed by atoms with Gasteiger partial charge in [-0.2, -0.15) is 9.50 Å². The lowest BCUT2D eigenvalue weighted by Gasteiger charge is -2.05. The SMILES string of the molecule is O=C(CCc1c[nH]n2c(=O)ncnc12)NCCc1ccc(O)cc1. The Kier molecular flexibility index (Phi) is 4.55. The molecule has 0 aliphatic rings. The molecule has 0 aliphatic heterocycles. The summed E-state index contributed by atoms with van der Waals surface area (Å²) in [5.41, 5.74) is 1.90. The van der Waals surface area contributed by atoms with Crippen LogP contribution in [-0.2, 0) is 17.6 Å². The van der Waals surface area contributed by atoms with E-state index in [1.165, 1.54) is 10.8 Å². The Bertz CT molecular complexity index is 898. The molecule has 0 atom stereocenters. The third-order valence-corrected chi connectivity index (χ3v) is 3.70. The summed E-state index contributed by atoms with van der Waals surface area (Å²) in [5.74, 6) is 0.161. The molecule has 3 rings (SSSR count). The molecule has 8 nitrogen and oxygen atoms in total. The van der Waals surface area contributed by atoms with Gasteiger partial charge in [0.2, 0.25) is 5.91 Å². The second-order valence-corrected chi connectivity index (χ2v) is 5.38. The molecule has 0 saturated heterocycles. The number of aromatic amines is 1. The lowest BCUT2D eigenvalue weighted by atomic mass is 10.1. The molecule has 0 aliphatic carbocycles. The number of nitrogens with zero attached hydrogens (tertiary/aromatic N) is 3. The summed E-state index contributed by atoms with van der Waals surface area (Å²) in [4.78, 5) is 31.1. The highest BCUT2D eigenvalue weighted by Gasteiger charge is 2.09. The maximum atomic E-state index is 11.9. The summed E-state index contributed by atoms with van der Waals surface area (Å²) in [6, 6.07) is 6.89. The van der Waals surface area contributed by atoms with Gasteiger partial charge in [0.1, 0.15) is 12.1 Å². The van der Waals surface area contributed by atoms with E-state index in [1.807, 2.05) is 12.1 Å². The topological polar surface area (TPSA) is 112 Å². The van der Waals surface area contributed by atoms with E-state index in [0.29, 0.717) is 31.5 Å². The van der Waals surface area contributed by atoms with Crippen LogP contribution in [0.1, 0.15) is 17.5 Å². The first kappa shape index (κ1) is 15.7. The summed E-state index contributed by atoms with van der Waals surface area (Å²) in [6.45, 7) is 0.527. The van der Waals surface area contributed by atoms with Crippen molar-refractivity contribution in [3.8, 4) is 5.75 Å². The highest BCUT2D eigenvalue weighted by molar-refractivity contribution is 5.76. The predicted octanol–water partition coefficient (Wildman–Crippen LogP) is 0.415. The lowest BCUT2D eigenvalue weighted by Crippen LogP contribution is -2.25. The zero-order valence-corrected chi connectivity index (χ0v) is 12.9. The number of carbonyl (C=O) groups excluding carboxylic acids is 1. The number of fused-ring (bicyclic) bond motifs is 1. The first-order valence-corrected chi connectivity index (χ1v) is 7.58. The van der Waals surface area contributed by atoms with Crippen LogP contribution >= 0.6 is 0 Å². The molecule has 2 aromatic heterocycles. The van der Waals surface area contributed by atoms with Gasteiger partial charge in [-0.25, -0.2) is 9.78 Å². The van der Waals surface area contributed by atoms with Gasteiger partial charge in [0.15, 0.2) is 5.65 Å². The minimum Gasteiger partial charge on any atom is -0.508 e. The van der Waals surface area contributed by atoms with E-state index in [-0.39, 0.29) is 11.7 Å². The largest absolute Gasteiger partial charge is 0.508 e. The lowest BCUT2D eigenvalue weighted by molar-refractivity contribution is -0.121. The zero-order chi connectivity index (χ0) is 16.9. The number of hydrogen-bond acceptors (Lipinski definition) is 5. The maximum absolute atomic E-state index is 11.9. The number of aromatic hydroxyl groups is 1. The van der Waals surface area contributed by atoms with Crippen molar-refractivity contribution in [1.82, 2.24) is 24.9 Å². The Hall–Kier alpha value is -3.16. The minimum absolute atomic E-state index is 0.0652. The van der Waals surface area contributed by atoms with Crippen LogP contribution in [0.15, 0.2) is 41.6 Å². The average molecular weight is 327 g/mol.